The molecule has 0 amide bonds. The summed E-state index contributed by atoms with van der Waals surface area (Å²) in [6.07, 6.45) is 0.173. The van der Waals surface area contributed by atoms with Crippen molar-refractivity contribution in [1.29, 1.82) is 0 Å². The van der Waals surface area contributed by atoms with Crippen LogP contribution in [0.4, 0.5) is 5.69 Å². The number of nitrogens with zero attached hydrogens (tertiary/aromatic N) is 1. The fourth-order valence-corrected chi connectivity index (χ4v) is 1.64. The van der Waals surface area contributed by atoms with Gasteiger partial charge in [0.25, 0.3) is 5.69 Å². The van der Waals surface area contributed by atoms with Gasteiger partial charge in [-0.25, -0.2) is 0 Å². The van der Waals surface area contributed by atoms with Gasteiger partial charge in [-0.2, -0.15) is 0 Å². The van der Waals surface area contributed by atoms with Gasteiger partial charge >= 0.3 is 0 Å². The van der Waals surface area contributed by atoms with Crippen molar-refractivity contribution in [2.45, 2.75) is 13.3 Å². The van der Waals surface area contributed by atoms with Crippen LogP contribution in [0.3, 0.4) is 0 Å². The summed E-state index contributed by atoms with van der Waals surface area (Å²) in [6.45, 7) is 1.75. The summed E-state index contributed by atoms with van der Waals surface area (Å²) in [6, 6.07) is 4.78. The van der Waals surface area contributed by atoms with Crippen molar-refractivity contribution in [2.24, 2.45) is 0 Å². The molecular formula is C9H10NO4S-. The van der Waals surface area contributed by atoms with Crippen LogP contribution in [0.2, 0.25) is 0 Å². The summed E-state index contributed by atoms with van der Waals surface area (Å²) < 4.78 is 20.7. The molecule has 0 spiro atoms. The molecule has 15 heavy (non-hydrogen) atoms. The maximum atomic E-state index is 10.7. The lowest BCUT2D eigenvalue weighted by Gasteiger charge is -2.06. The molecule has 1 atom stereocenters. The summed E-state index contributed by atoms with van der Waals surface area (Å²) in [5.74, 6) is -0.0934. The zero-order valence-electron chi connectivity index (χ0n) is 8.13. The quantitative estimate of drug-likeness (QED) is 0.442. The predicted molar refractivity (Wildman–Crippen MR) is 55.3 cm³/mol. The summed E-state index contributed by atoms with van der Waals surface area (Å²) in [7, 11) is 0. The predicted octanol–water partition coefficient (Wildman–Crippen LogP) is 1.32. The van der Waals surface area contributed by atoms with Crippen LogP contribution in [0, 0.1) is 17.0 Å². The lowest BCUT2D eigenvalue weighted by atomic mass is 10.1. The Morgan fingerprint density at radius 1 is 1.47 bits per heavy atom. The van der Waals surface area contributed by atoms with Gasteiger partial charge in [0.2, 0.25) is 0 Å². The molecule has 0 radical (unpaired) electrons. The zero-order chi connectivity index (χ0) is 11.4. The summed E-state index contributed by atoms with van der Waals surface area (Å²) >= 11 is -2.17. The zero-order valence-corrected chi connectivity index (χ0v) is 8.95. The number of nitro groups is 1. The topological polar surface area (TPSA) is 83.3 Å². The molecule has 0 N–H and O–H groups in total. The van der Waals surface area contributed by atoms with E-state index >= 15 is 0 Å². The van der Waals surface area contributed by atoms with Crippen molar-refractivity contribution in [1.82, 2.24) is 0 Å². The molecule has 1 aromatic carbocycles. The second-order valence-electron chi connectivity index (χ2n) is 3.15. The van der Waals surface area contributed by atoms with Crippen LogP contribution in [0.5, 0.6) is 0 Å². The molecule has 0 aliphatic carbocycles. The highest BCUT2D eigenvalue weighted by Crippen LogP contribution is 2.20. The summed E-state index contributed by atoms with van der Waals surface area (Å²) in [5.41, 5.74) is 1.23. The average Bonchev–Trinajstić information content (AvgIpc) is 2.15. The van der Waals surface area contributed by atoms with E-state index in [9.17, 15) is 18.9 Å². The van der Waals surface area contributed by atoms with Gasteiger partial charge in [0, 0.05) is 17.4 Å². The Bertz CT molecular complexity index is 405. The van der Waals surface area contributed by atoms with Gasteiger partial charge in [-0.1, -0.05) is 23.2 Å². The maximum absolute atomic E-state index is 10.7. The van der Waals surface area contributed by atoms with Crippen LogP contribution in [-0.2, 0) is 17.5 Å². The van der Waals surface area contributed by atoms with E-state index in [1.54, 1.807) is 19.1 Å². The molecule has 1 unspecified atom stereocenters. The fourth-order valence-electron chi connectivity index (χ4n) is 1.25. The van der Waals surface area contributed by atoms with Crippen LogP contribution in [0.1, 0.15) is 11.1 Å². The smallest absolute Gasteiger partial charge is 0.272 e. The third kappa shape index (κ3) is 3.41. The van der Waals surface area contributed by atoms with Gasteiger partial charge in [0.1, 0.15) is 0 Å². The van der Waals surface area contributed by atoms with Crippen LogP contribution in [0.15, 0.2) is 18.2 Å². The molecule has 1 rings (SSSR count). The van der Waals surface area contributed by atoms with Gasteiger partial charge in [0.05, 0.1) is 4.92 Å². The van der Waals surface area contributed by atoms with Crippen molar-refractivity contribution < 1.29 is 13.7 Å². The Labute approximate surface area is 89.6 Å². The minimum absolute atomic E-state index is 0.0135. The lowest BCUT2D eigenvalue weighted by Crippen LogP contribution is -2.03. The number of hydrogen-bond donors (Lipinski definition) is 0. The van der Waals surface area contributed by atoms with Crippen molar-refractivity contribution in [3.8, 4) is 0 Å². The first-order valence-electron chi connectivity index (χ1n) is 4.30. The number of benzene rings is 1. The maximum Gasteiger partial charge on any atom is 0.272 e. The average molecular weight is 228 g/mol. The Kier molecular flexibility index (Phi) is 3.93. The molecule has 1 aromatic rings. The molecule has 0 aliphatic heterocycles. The first-order valence-corrected chi connectivity index (χ1v) is 5.55. The largest absolute Gasteiger partial charge is 0.772 e. The summed E-state index contributed by atoms with van der Waals surface area (Å²) in [5, 5.41) is 10.7. The van der Waals surface area contributed by atoms with Gasteiger partial charge in [0.15, 0.2) is 0 Å². The van der Waals surface area contributed by atoms with Crippen molar-refractivity contribution in [2.75, 3.05) is 5.75 Å². The molecule has 5 nitrogen and oxygen atoms in total. The van der Waals surface area contributed by atoms with Crippen LogP contribution in [0.25, 0.3) is 0 Å². The lowest BCUT2D eigenvalue weighted by molar-refractivity contribution is -0.385. The third-order valence-corrected chi connectivity index (χ3v) is 2.51. The minimum Gasteiger partial charge on any atom is -0.772 e. The van der Waals surface area contributed by atoms with Crippen LogP contribution >= 0.6 is 0 Å². The molecule has 0 saturated carbocycles. The molecule has 0 heterocycles. The molecule has 0 bridgehead atoms. The Morgan fingerprint density at radius 3 is 2.67 bits per heavy atom. The Morgan fingerprint density at radius 2 is 2.13 bits per heavy atom. The Balaban J connectivity index is 2.95. The second kappa shape index (κ2) is 4.99. The molecule has 6 heteroatoms. The van der Waals surface area contributed by atoms with Crippen LogP contribution < -0.4 is 0 Å². The molecule has 0 fully saturated rings. The first-order chi connectivity index (χ1) is 7.00. The fraction of sp³-hybridized carbons (Fsp3) is 0.333. The first kappa shape index (κ1) is 11.8. The van der Waals surface area contributed by atoms with E-state index in [0.717, 1.165) is 5.56 Å². The van der Waals surface area contributed by atoms with Crippen molar-refractivity contribution in [3.05, 3.63) is 39.4 Å². The van der Waals surface area contributed by atoms with Crippen molar-refractivity contribution in [3.63, 3.8) is 0 Å². The van der Waals surface area contributed by atoms with E-state index < -0.39 is 16.0 Å². The van der Waals surface area contributed by atoms with Crippen molar-refractivity contribution >= 4 is 16.8 Å². The highest BCUT2D eigenvalue weighted by molar-refractivity contribution is 7.79. The highest BCUT2D eigenvalue weighted by atomic mass is 32.2. The minimum atomic E-state index is -2.17. The second-order valence-corrected chi connectivity index (χ2v) is 4.16. The van der Waals surface area contributed by atoms with E-state index in [2.05, 4.69) is 0 Å². The van der Waals surface area contributed by atoms with E-state index in [1.165, 1.54) is 6.07 Å². The summed E-state index contributed by atoms with van der Waals surface area (Å²) in [4.78, 5) is 10.2. The van der Waals surface area contributed by atoms with Gasteiger partial charge < -0.3 is 4.55 Å². The number of rotatable bonds is 4. The number of hydrogen-bond acceptors (Lipinski definition) is 4. The SMILES string of the molecule is Cc1ccc(CCS(=O)[O-])c([N+](=O)[O-])c1. The number of aryl methyl sites for hydroxylation is 2. The Hall–Kier alpha value is -1.27. The standard InChI is InChI=1S/C9H11NO4S/c1-7-2-3-8(4-5-15(13)14)9(6-7)10(11)12/h2-3,6H,4-5H2,1H3,(H,13,14)/p-1. The molecule has 82 valence electrons. The van der Waals surface area contributed by atoms with E-state index in [1.807, 2.05) is 0 Å². The van der Waals surface area contributed by atoms with Gasteiger partial charge in [-0.3, -0.25) is 14.3 Å². The van der Waals surface area contributed by atoms with E-state index in [4.69, 9.17) is 0 Å². The van der Waals surface area contributed by atoms with E-state index in [-0.39, 0.29) is 17.9 Å². The highest BCUT2D eigenvalue weighted by Gasteiger charge is 2.12. The molecule has 0 aromatic heterocycles. The third-order valence-electron chi connectivity index (χ3n) is 1.98. The molecule has 0 saturated heterocycles. The van der Waals surface area contributed by atoms with E-state index in [0.29, 0.717) is 5.56 Å². The van der Waals surface area contributed by atoms with Gasteiger partial charge in [-0.15, -0.1) is 0 Å². The normalized spacial score (nSPS) is 12.4. The van der Waals surface area contributed by atoms with Gasteiger partial charge in [-0.05, 0) is 18.9 Å². The molecular weight excluding hydrogens is 218 g/mol. The molecule has 0 aliphatic rings. The number of nitro benzene ring substituents is 1. The monoisotopic (exact) mass is 228 g/mol. The van der Waals surface area contributed by atoms with Crippen LogP contribution in [-0.4, -0.2) is 19.4 Å².